The Hall–Kier alpha value is -2.37. The SMILES string of the molecule is C=C/C=C(\C=C)N=Nc1ccc(C(F)(F)F)cc1O. The zero-order valence-electron chi connectivity index (χ0n) is 9.85. The van der Waals surface area contributed by atoms with Crippen LogP contribution in [0.25, 0.3) is 0 Å². The molecule has 0 aliphatic rings. The van der Waals surface area contributed by atoms with Gasteiger partial charge in [-0.3, -0.25) is 0 Å². The van der Waals surface area contributed by atoms with Gasteiger partial charge in [0, 0.05) is 0 Å². The van der Waals surface area contributed by atoms with Gasteiger partial charge in [-0.15, -0.1) is 5.11 Å². The highest BCUT2D eigenvalue weighted by molar-refractivity contribution is 5.52. The molecule has 0 heterocycles. The molecule has 1 N–H and O–H groups in total. The van der Waals surface area contributed by atoms with E-state index in [0.29, 0.717) is 11.8 Å². The number of phenolic OH excluding ortho intramolecular Hbond substituents is 1. The van der Waals surface area contributed by atoms with Crippen molar-refractivity contribution in [3.8, 4) is 5.75 Å². The molecule has 0 aliphatic heterocycles. The number of aromatic hydroxyl groups is 1. The van der Waals surface area contributed by atoms with Gasteiger partial charge >= 0.3 is 6.18 Å². The maximum absolute atomic E-state index is 12.4. The van der Waals surface area contributed by atoms with Crippen LogP contribution in [0.5, 0.6) is 5.75 Å². The Morgan fingerprint density at radius 2 is 1.95 bits per heavy atom. The molecule has 0 spiro atoms. The number of alkyl halides is 3. The van der Waals surface area contributed by atoms with E-state index in [1.54, 1.807) is 0 Å². The maximum atomic E-state index is 12.4. The molecule has 6 heteroatoms. The lowest BCUT2D eigenvalue weighted by molar-refractivity contribution is -0.137. The fourth-order valence-corrected chi connectivity index (χ4v) is 1.16. The van der Waals surface area contributed by atoms with Crippen molar-refractivity contribution in [2.24, 2.45) is 10.2 Å². The second-order valence-corrected chi connectivity index (χ2v) is 3.43. The Labute approximate surface area is 108 Å². The van der Waals surface area contributed by atoms with Gasteiger partial charge in [-0.2, -0.15) is 18.3 Å². The molecule has 0 bridgehead atoms. The summed E-state index contributed by atoms with van der Waals surface area (Å²) >= 11 is 0. The van der Waals surface area contributed by atoms with E-state index >= 15 is 0 Å². The molecule has 0 saturated carbocycles. The van der Waals surface area contributed by atoms with Crippen molar-refractivity contribution in [1.29, 1.82) is 0 Å². The lowest BCUT2D eigenvalue weighted by atomic mass is 10.2. The van der Waals surface area contributed by atoms with Crippen LogP contribution in [0.15, 0.2) is 65.5 Å². The average molecular weight is 268 g/mol. The van der Waals surface area contributed by atoms with Crippen molar-refractivity contribution in [3.63, 3.8) is 0 Å². The predicted octanol–water partition coefficient (Wildman–Crippen LogP) is 4.75. The summed E-state index contributed by atoms with van der Waals surface area (Å²) in [6.45, 7) is 6.94. The minimum atomic E-state index is -4.51. The molecule has 0 aromatic heterocycles. The molecule has 1 rings (SSSR count). The number of hydrogen-bond donors (Lipinski definition) is 1. The van der Waals surface area contributed by atoms with E-state index in [1.807, 2.05) is 0 Å². The van der Waals surface area contributed by atoms with E-state index in [9.17, 15) is 18.3 Å². The summed E-state index contributed by atoms with van der Waals surface area (Å²) in [7, 11) is 0. The van der Waals surface area contributed by atoms with Crippen LogP contribution in [0, 0.1) is 0 Å². The van der Waals surface area contributed by atoms with Gasteiger partial charge in [0.2, 0.25) is 0 Å². The van der Waals surface area contributed by atoms with Crippen LogP contribution in [0.4, 0.5) is 18.9 Å². The highest BCUT2D eigenvalue weighted by Crippen LogP contribution is 2.35. The Balaban J connectivity index is 3.04. The number of allylic oxidation sites excluding steroid dienone is 3. The van der Waals surface area contributed by atoms with E-state index < -0.39 is 17.5 Å². The minimum absolute atomic E-state index is 0.0650. The van der Waals surface area contributed by atoms with Crippen LogP contribution in [0.3, 0.4) is 0 Å². The molecule has 0 unspecified atom stereocenters. The first-order valence-corrected chi connectivity index (χ1v) is 5.15. The van der Waals surface area contributed by atoms with Crippen LogP contribution in [0.2, 0.25) is 0 Å². The zero-order valence-corrected chi connectivity index (χ0v) is 9.85. The van der Waals surface area contributed by atoms with Crippen LogP contribution >= 0.6 is 0 Å². The first kappa shape index (κ1) is 14.7. The maximum Gasteiger partial charge on any atom is 0.416 e. The third-order valence-electron chi connectivity index (χ3n) is 2.07. The quantitative estimate of drug-likeness (QED) is 0.621. The number of rotatable bonds is 4. The van der Waals surface area contributed by atoms with E-state index in [4.69, 9.17) is 0 Å². The highest BCUT2D eigenvalue weighted by Gasteiger charge is 2.31. The van der Waals surface area contributed by atoms with Gasteiger partial charge in [0.15, 0.2) is 0 Å². The summed E-state index contributed by atoms with van der Waals surface area (Å²) in [6.07, 6.45) is -0.144. The summed E-state index contributed by atoms with van der Waals surface area (Å²) in [5, 5.41) is 16.8. The normalized spacial score (nSPS) is 12.7. The molecule has 100 valence electrons. The summed E-state index contributed by atoms with van der Waals surface area (Å²) < 4.78 is 37.1. The molecule has 3 nitrogen and oxygen atoms in total. The standard InChI is InChI=1S/C13H11F3N2O/c1-3-5-10(4-2)17-18-11-7-6-9(8-12(11)19)13(14,15)16/h3-8,19H,1-2H2/b10-5+,18-17?. The number of halogens is 3. The third kappa shape index (κ3) is 4.09. The van der Waals surface area contributed by atoms with E-state index in [1.165, 1.54) is 18.2 Å². The lowest BCUT2D eigenvalue weighted by Gasteiger charge is -2.07. The molecule has 0 fully saturated rings. The number of azo groups is 1. The third-order valence-corrected chi connectivity index (χ3v) is 2.07. The number of hydrogen-bond acceptors (Lipinski definition) is 3. The fourth-order valence-electron chi connectivity index (χ4n) is 1.16. The molecular formula is C13H11F3N2O. The minimum Gasteiger partial charge on any atom is -0.506 e. The first-order chi connectivity index (χ1) is 8.88. The van der Waals surface area contributed by atoms with Crippen LogP contribution in [0.1, 0.15) is 5.56 Å². The topological polar surface area (TPSA) is 45.0 Å². The number of benzene rings is 1. The average Bonchev–Trinajstić information content (AvgIpc) is 2.34. The van der Waals surface area contributed by atoms with Crippen molar-refractivity contribution in [2.75, 3.05) is 0 Å². The molecule has 0 atom stereocenters. The van der Waals surface area contributed by atoms with Gasteiger partial charge in [-0.05, 0) is 30.4 Å². The molecule has 0 saturated heterocycles. The Bertz CT molecular complexity index is 545. The first-order valence-electron chi connectivity index (χ1n) is 5.15. The molecular weight excluding hydrogens is 257 g/mol. The molecule has 19 heavy (non-hydrogen) atoms. The van der Waals surface area contributed by atoms with Crippen molar-refractivity contribution in [1.82, 2.24) is 0 Å². The zero-order chi connectivity index (χ0) is 14.5. The molecule has 1 aromatic rings. The van der Waals surface area contributed by atoms with Gasteiger partial charge in [-0.1, -0.05) is 19.2 Å². The summed E-state index contributed by atoms with van der Waals surface area (Å²) in [4.78, 5) is 0. The van der Waals surface area contributed by atoms with Gasteiger partial charge in [-0.25, -0.2) is 0 Å². The monoisotopic (exact) mass is 268 g/mol. The largest absolute Gasteiger partial charge is 0.506 e. The Kier molecular flexibility index (Phi) is 4.63. The Morgan fingerprint density at radius 3 is 2.42 bits per heavy atom. The van der Waals surface area contributed by atoms with E-state index in [-0.39, 0.29) is 5.69 Å². The van der Waals surface area contributed by atoms with E-state index in [2.05, 4.69) is 23.4 Å². The van der Waals surface area contributed by atoms with Crippen molar-refractivity contribution in [3.05, 3.63) is 60.8 Å². The van der Waals surface area contributed by atoms with Gasteiger partial charge < -0.3 is 5.11 Å². The van der Waals surface area contributed by atoms with E-state index in [0.717, 1.165) is 12.1 Å². The lowest BCUT2D eigenvalue weighted by Crippen LogP contribution is -2.03. The van der Waals surface area contributed by atoms with Crippen molar-refractivity contribution >= 4 is 5.69 Å². The van der Waals surface area contributed by atoms with Crippen molar-refractivity contribution < 1.29 is 18.3 Å². The highest BCUT2D eigenvalue weighted by atomic mass is 19.4. The Morgan fingerprint density at radius 1 is 1.26 bits per heavy atom. The van der Waals surface area contributed by atoms with Gasteiger partial charge in [0.05, 0.1) is 11.3 Å². The van der Waals surface area contributed by atoms with Gasteiger partial charge in [0.25, 0.3) is 0 Å². The predicted molar refractivity (Wildman–Crippen MR) is 66.1 cm³/mol. The molecule has 0 radical (unpaired) electrons. The summed E-state index contributed by atoms with van der Waals surface area (Å²) in [5.74, 6) is -0.597. The molecule has 0 aliphatic carbocycles. The summed E-state index contributed by atoms with van der Waals surface area (Å²) in [5.41, 5.74) is -0.645. The second kappa shape index (κ2) is 5.99. The fraction of sp³-hybridized carbons (Fsp3) is 0.0769. The number of phenols is 1. The van der Waals surface area contributed by atoms with Crippen LogP contribution in [-0.4, -0.2) is 5.11 Å². The van der Waals surface area contributed by atoms with Crippen LogP contribution < -0.4 is 0 Å². The van der Waals surface area contributed by atoms with Gasteiger partial charge in [0.1, 0.15) is 11.4 Å². The summed E-state index contributed by atoms with van der Waals surface area (Å²) in [6, 6.07) is 2.45. The van der Waals surface area contributed by atoms with Crippen LogP contribution in [-0.2, 0) is 6.18 Å². The molecule has 0 amide bonds. The molecule has 1 aromatic carbocycles. The number of nitrogens with zero attached hydrogens (tertiary/aromatic N) is 2. The van der Waals surface area contributed by atoms with Crippen molar-refractivity contribution in [2.45, 2.75) is 6.18 Å². The smallest absolute Gasteiger partial charge is 0.416 e. The second-order valence-electron chi connectivity index (χ2n) is 3.43.